The van der Waals surface area contributed by atoms with Gasteiger partial charge in [-0.1, -0.05) is 18.5 Å². The van der Waals surface area contributed by atoms with E-state index in [1.54, 1.807) is 0 Å². The molecule has 0 bridgehead atoms. The van der Waals surface area contributed by atoms with E-state index < -0.39 is 0 Å². The van der Waals surface area contributed by atoms with Crippen molar-refractivity contribution < 1.29 is 0 Å². The highest BCUT2D eigenvalue weighted by molar-refractivity contribution is 7.16. The van der Waals surface area contributed by atoms with Gasteiger partial charge in [0.05, 0.1) is 10.9 Å². The van der Waals surface area contributed by atoms with E-state index in [9.17, 15) is 0 Å². The minimum Gasteiger partial charge on any atom is -0.370 e. The Bertz CT molecular complexity index is 309. The first-order valence-corrected chi connectivity index (χ1v) is 5.70. The van der Waals surface area contributed by atoms with Crippen molar-refractivity contribution in [1.82, 2.24) is 5.32 Å². The molecule has 0 fully saturated rings. The fraction of sp³-hybridized carbons (Fsp3) is 0.444. The molecule has 0 amide bonds. The van der Waals surface area contributed by atoms with E-state index in [-0.39, 0.29) is 0 Å². The topological polar surface area (TPSA) is 50.4 Å². The van der Waals surface area contributed by atoms with Gasteiger partial charge < -0.3 is 11.1 Å². The maximum absolute atomic E-state index is 5.78. The summed E-state index contributed by atoms with van der Waals surface area (Å²) >= 11 is 7.31. The zero-order valence-electron chi connectivity index (χ0n) is 8.09. The van der Waals surface area contributed by atoms with Crippen LogP contribution in [-0.4, -0.2) is 12.5 Å². The SMILES string of the molecule is CCCNC(N)=NCc1ccc(Cl)s1. The Labute approximate surface area is 93.0 Å². The largest absolute Gasteiger partial charge is 0.370 e. The third-order valence-corrected chi connectivity index (χ3v) is 2.81. The van der Waals surface area contributed by atoms with Crippen LogP contribution in [0.2, 0.25) is 4.34 Å². The lowest BCUT2D eigenvalue weighted by Gasteiger charge is -2.01. The van der Waals surface area contributed by atoms with Crippen molar-refractivity contribution in [3.05, 3.63) is 21.3 Å². The first kappa shape index (κ1) is 11.3. The van der Waals surface area contributed by atoms with Crippen LogP contribution < -0.4 is 11.1 Å². The molecule has 0 aliphatic rings. The third-order valence-electron chi connectivity index (χ3n) is 1.59. The van der Waals surface area contributed by atoms with E-state index in [1.807, 2.05) is 12.1 Å². The summed E-state index contributed by atoms with van der Waals surface area (Å²) in [6.07, 6.45) is 1.04. The number of hydrogen-bond acceptors (Lipinski definition) is 2. The second kappa shape index (κ2) is 5.88. The Morgan fingerprint density at radius 3 is 3.00 bits per heavy atom. The van der Waals surface area contributed by atoms with Gasteiger partial charge >= 0.3 is 0 Å². The molecule has 0 atom stereocenters. The molecule has 1 rings (SSSR count). The molecule has 0 aromatic carbocycles. The standard InChI is InChI=1S/C9H14ClN3S/c1-2-5-12-9(11)13-6-7-3-4-8(10)14-7/h3-4H,2,5-6H2,1H3,(H3,11,12,13). The van der Waals surface area contributed by atoms with Gasteiger partial charge in [0.15, 0.2) is 5.96 Å². The molecule has 14 heavy (non-hydrogen) atoms. The summed E-state index contributed by atoms with van der Waals surface area (Å²) in [6, 6.07) is 3.83. The van der Waals surface area contributed by atoms with Crippen LogP contribution in [0.5, 0.6) is 0 Å². The van der Waals surface area contributed by atoms with Crippen molar-refractivity contribution in [1.29, 1.82) is 0 Å². The first-order valence-electron chi connectivity index (χ1n) is 4.50. The molecule has 0 aliphatic carbocycles. The molecule has 5 heteroatoms. The molecule has 1 aromatic heterocycles. The van der Waals surface area contributed by atoms with Crippen molar-refractivity contribution in [2.45, 2.75) is 19.9 Å². The van der Waals surface area contributed by atoms with E-state index in [1.165, 1.54) is 11.3 Å². The highest BCUT2D eigenvalue weighted by atomic mass is 35.5. The van der Waals surface area contributed by atoms with Crippen LogP contribution in [0.1, 0.15) is 18.2 Å². The van der Waals surface area contributed by atoms with Gasteiger partial charge in [-0.3, -0.25) is 0 Å². The van der Waals surface area contributed by atoms with Gasteiger partial charge in [-0.2, -0.15) is 0 Å². The lowest BCUT2D eigenvalue weighted by atomic mass is 10.5. The van der Waals surface area contributed by atoms with Crippen LogP contribution in [-0.2, 0) is 6.54 Å². The number of halogens is 1. The van der Waals surface area contributed by atoms with Crippen molar-refractivity contribution in [3.63, 3.8) is 0 Å². The van der Waals surface area contributed by atoms with Gasteiger partial charge in [0, 0.05) is 11.4 Å². The molecule has 0 saturated heterocycles. The molecule has 0 unspecified atom stereocenters. The first-order chi connectivity index (χ1) is 6.72. The molecule has 78 valence electrons. The molecule has 1 heterocycles. The van der Waals surface area contributed by atoms with Crippen LogP contribution in [0.4, 0.5) is 0 Å². The second-order valence-electron chi connectivity index (χ2n) is 2.83. The van der Waals surface area contributed by atoms with E-state index in [0.29, 0.717) is 12.5 Å². The zero-order chi connectivity index (χ0) is 10.4. The summed E-state index contributed by atoms with van der Waals surface area (Å²) in [6.45, 7) is 3.54. The number of thiophene rings is 1. The van der Waals surface area contributed by atoms with E-state index in [4.69, 9.17) is 17.3 Å². The molecular weight excluding hydrogens is 218 g/mol. The minimum absolute atomic E-state index is 0.497. The predicted molar refractivity (Wildman–Crippen MR) is 62.9 cm³/mol. The highest BCUT2D eigenvalue weighted by Crippen LogP contribution is 2.21. The Morgan fingerprint density at radius 2 is 2.43 bits per heavy atom. The molecule has 0 aliphatic heterocycles. The zero-order valence-corrected chi connectivity index (χ0v) is 9.66. The fourth-order valence-corrected chi connectivity index (χ4v) is 1.92. The Morgan fingerprint density at radius 1 is 1.64 bits per heavy atom. The van der Waals surface area contributed by atoms with E-state index >= 15 is 0 Å². The molecule has 0 spiro atoms. The summed E-state index contributed by atoms with van der Waals surface area (Å²) in [5, 5.41) is 3.01. The number of rotatable bonds is 4. The highest BCUT2D eigenvalue weighted by Gasteiger charge is 1.96. The molecule has 3 nitrogen and oxygen atoms in total. The lowest BCUT2D eigenvalue weighted by molar-refractivity contribution is 0.826. The van der Waals surface area contributed by atoms with Gasteiger partial charge in [-0.05, 0) is 18.6 Å². The summed E-state index contributed by atoms with van der Waals surface area (Å²) < 4.78 is 0.787. The third kappa shape index (κ3) is 3.98. The smallest absolute Gasteiger partial charge is 0.188 e. The fourth-order valence-electron chi connectivity index (χ4n) is 0.909. The normalized spacial score (nSPS) is 11.7. The molecule has 0 saturated carbocycles. The van der Waals surface area contributed by atoms with E-state index in [0.717, 1.165) is 22.2 Å². The van der Waals surface area contributed by atoms with Gasteiger partial charge in [-0.15, -0.1) is 11.3 Å². The minimum atomic E-state index is 0.497. The van der Waals surface area contributed by atoms with Crippen molar-refractivity contribution in [3.8, 4) is 0 Å². The maximum atomic E-state index is 5.78. The predicted octanol–water partition coefficient (Wildman–Crippen LogP) is 2.22. The average Bonchev–Trinajstić information content (AvgIpc) is 2.58. The number of nitrogens with zero attached hydrogens (tertiary/aromatic N) is 1. The number of hydrogen-bond donors (Lipinski definition) is 2. The maximum Gasteiger partial charge on any atom is 0.188 e. The summed E-state index contributed by atoms with van der Waals surface area (Å²) in [7, 11) is 0. The van der Waals surface area contributed by atoms with Crippen molar-refractivity contribution in [2.24, 2.45) is 10.7 Å². The van der Waals surface area contributed by atoms with Gasteiger partial charge in [0.1, 0.15) is 0 Å². The Hall–Kier alpha value is -0.740. The van der Waals surface area contributed by atoms with Crippen molar-refractivity contribution >= 4 is 28.9 Å². The van der Waals surface area contributed by atoms with Gasteiger partial charge in [-0.25, -0.2) is 4.99 Å². The number of nitrogens with two attached hydrogens (primary N) is 1. The number of aliphatic imine (C=N–C) groups is 1. The van der Waals surface area contributed by atoms with Crippen LogP contribution >= 0.6 is 22.9 Å². The van der Waals surface area contributed by atoms with Crippen molar-refractivity contribution in [2.75, 3.05) is 6.54 Å². The van der Waals surface area contributed by atoms with Crippen LogP contribution in [0, 0.1) is 0 Å². The Kier molecular flexibility index (Phi) is 4.76. The monoisotopic (exact) mass is 231 g/mol. The number of guanidine groups is 1. The average molecular weight is 232 g/mol. The summed E-state index contributed by atoms with van der Waals surface area (Å²) in [5.74, 6) is 0.497. The van der Waals surface area contributed by atoms with Gasteiger partial charge in [0.25, 0.3) is 0 Å². The van der Waals surface area contributed by atoms with Gasteiger partial charge in [0.2, 0.25) is 0 Å². The van der Waals surface area contributed by atoms with Crippen LogP contribution in [0.15, 0.2) is 17.1 Å². The van der Waals surface area contributed by atoms with Crippen LogP contribution in [0.3, 0.4) is 0 Å². The van der Waals surface area contributed by atoms with E-state index in [2.05, 4.69) is 17.2 Å². The second-order valence-corrected chi connectivity index (χ2v) is 4.63. The quantitative estimate of drug-likeness (QED) is 0.617. The summed E-state index contributed by atoms with van der Waals surface area (Å²) in [5.41, 5.74) is 5.62. The van der Waals surface area contributed by atoms with Crippen LogP contribution in [0.25, 0.3) is 0 Å². The number of nitrogens with one attached hydrogen (secondary N) is 1. The molecular formula is C9H14ClN3S. The molecule has 1 aromatic rings. The summed E-state index contributed by atoms with van der Waals surface area (Å²) in [4.78, 5) is 5.30. The molecule has 0 radical (unpaired) electrons. The lowest BCUT2D eigenvalue weighted by Crippen LogP contribution is -2.32. The Balaban J connectivity index is 2.38. The molecule has 3 N–H and O–H groups in total.